The Kier molecular flexibility index (Phi) is 5.85. The molecule has 0 nitrogen and oxygen atoms in total. The van der Waals surface area contributed by atoms with Crippen molar-refractivity contribution in [3.05, 3.63) is 29.8 Å². The lowest BCUT2D eigenvalue weighted by molar-refractivity contribution is 0.557. The van der Waals surface area contributed by atoms with Gasteiger partial charge in [-0.2, -0.15) is 0 Å². The number of benzene rings is 1. The molecule has 15 heavy (non-hydrogen) atoms. The van der Waals surface area contributed by atoms with Crippen molar-refractivity contribution in [1.82, 2.24) is 0 Å². The molecule has 1 aromatic rings. The minimum absolute atomic E-state index is 0.844. The normalized spacial score (nSPS) is 12.7. The van der Waals surface area contributed by atoms with E-state index in [2.05, 4.69) is 45.0 Å². The minimum Gasteiger partial charge on any atom is -0.126 e. The molecule has 0 aliphatic carbocycles. The van der Waals surface area contributed by atoms with E-state index in [1.54, 1.807) is 0 Å². The van der Waals surface area contributed by atoms with E-state index in [1.807, 2.05) is 11.8 Å². The molecule has 0 saturated carbocycles. The van der Waals surface area contributed by atoms with E-state index in [0.29, 0.717) is 0 Å². The summed E-state index contributed by atoms with van der Waals surface area (Å²) in [6.07, 6.45) is 4.06. The van der Waals surface area contributed by atoms with Crippen LogP contribution in [0.25, 0.3) is 0 Å². The van der Waals surface area contributed by atoms with Gasteiger partial charge in [0.05, 0.1) is 0 Å². The fourth-order valence-electron chi connectivity index (χ4n) is 1.51. The van der Waals surface area contributed by atoms with E-state index in [0.717, 1.165) is 5.92 Å². The maximum Gasteiger partial charge on any atom is 0.00722 e. The van der Waals surface area contributed by atoms with Gasteiger partial charge >= 0.3 is 0 Å². The molecule has 0 amide bonds. The third-order valence-electron chi connectivity index (χ3n) is 2.61. The molecule has 1 unspecified atom stereocenters. The maximum atomic E-state index is 2.36. The van der Waals surface area contributed by atoms with Gasteiger partial charge in [-0.3, -0.25) is 0 Å². The summed E-state index contributed by atoms with van der Waals surface area (Å²) < 4.78 is 0. The van der Waals surface area contributed by atoms with Crippen LogP contribution in [-0.4, -0.2) is 5.75 Å². The van der Waals surface area contributed by atoms with Crippen molar-refractivity contribution in [3.63, 3.8) is 0 Å². The van der Waals surface area contributed by atoms with Crippen LogP contribution in [0.1, 0.15) is 38.7 Å². The summed E-state index contributed by atoms with van der Waals surface area (Å²) >= 11 is 1.99. The number of unbranched alkanes of at least 4 members (excludes halogenated alkanes) is 1. The van der Waals surface area contributed by atoms with Gasteiger partial charge in [-0.15, -0.1) is 11.8 Å². The molecule has 1 rings (SSSR count). The van der Waals surface area contributed by atoms with Crippen LogP contribution in [-0.2, 0) is 0 Å². The first-order valence-corrected chi connectivity index (χ1v) is 6.90. The Morgan fingerprint density at radius 2 is 1.87 bits per heavy atom. The first-order valence-electron chi connectivity index (χ1n) is 5.92. The van der Waals surface area contributed by atoms with Crippen LogP contribution in [0.2, 0.25) is 0 Å². The standard InChI is InChI=1S/C14H22S/c1-4-5-6-13(3)11-15-14-9-7-12(2)8-10-14/h7-10,13H,4-6,11H2,1-3H3. The lowest BCUT2D eigenvalue weighted by atomic mass is 10.1. The molecule has 0 heterocycles. The second-order valence-electron chi connectivity index (χ2n) is 4.37. The van der Waals surface area contributed by atoms with E-state index in [1.165, 1.54) is 35.5 Å². The topological polar surface area (TPSA) is 0 Å². The summed E-state index contributed by atoms with van der Waals surface area (Å²) in [6.45, 7) is 6.76. The van der Waals surface area contributed by atoms with Gasteiger partial charge in [-0.05, 0) is 31.4 Å². The highest BCUT2D eigenvalue weighted by Gasteiger charge is 2.02. The quantitative estimate of drug-likeness (QED) is 0.616. The molecular weight excluding hydrogens is 200 g/mol. The molecule has 0 bridgehead atoms. The molecule has 1 aromatic carbocycles. The third-order valence-corrected chi connectivity index (χ3v) is 3.95. The van der Waals surface area contributed by atoms with Crippen molar-refractivity contribution in [3.8, 4) is 0 Å². The molecule has 0 N–H and O–H groups in total. The van der Waals surface area contributed by atoms with E-state index < -0.39 is 0 Å². The molecule has 0 fully saturated rings. The van der Waals surface area contributed by atoms with Crippen LogP contribution >= 0.6 is 11.8 Å². The van der Waals surface area contributed by atoms with Crippen molar-refractivity contribution < 1.29 is 0 Å². The number of hydrogen-bond acceptors (Lipinski definition) is 1. The Hall–Kier alpha value is -0.430. The summed E-state index contributed by atoms with van der Waals surface area (Å²) in [6, 6.07) is 8.84. The van der Waals surface area contributed by atoms with E-state index >= 15 is 0 Å². The average Bonchev–Trinajstić information content (AvgIpc) is 2.25. The minimum atomic E-state index is 0.844. The zero-order valence-electron chi connectivity index (χ0n) is 10.1. The van der Waals surface area contributed by atoms with Gasteiger partial charge in [0.25, 0.3) is 0 Å². The van der Waals surface area contributed by atoms with Gasteiger partial charge in [-0.25, -0.2) is 0 Å². The lowest BCUT2D eigenvalue weighted by Gasteiger charge is -2.10. The Labute approximate surface area is 98.5 Å². The number of hydrogen-bond donors (Lipinski definition) is 0. The highest BCUT2D eigenvalue weighted by molar-refractivity contribution is 7.99. The van der Waals surface area contributed by atoms with Crippen molar-refractivity contribution in [1.29, 1.82) is 0 Å². The largest absolute Gasteiger partial charge is 0.126 e. The monoisotopic (exact) mass is 222 g/mol. The van der Waals surface area contributed by atoms with E-state index in [4.69, 9.17) is 0 Å². The molecule has 0 saturated heterocycles. The van der Waals surface area contributed by atoms with Crippen LogP contribution in [0.3, 0.4) is 0 Å². The summed E-state index contributed by atoms with van der Waals surface area (Å²) in [4.78, 5) is 1.41. The Morgan fingerprint density at radius 1 is 1.20 bits per heavy atom. The molecule has 0 spiro atoms. The Balaban J connectivity index is 2.27. The zero-order valence-corrected chi connectivity index (χ0v) is 10.9. The zero-order chi connectivity index (χ0) is 11.1. The van der Waals surface area contributed by atoms with E-state index in [9.17, 15) is 0 Å². The predicted molar refractivity (Wildman–Crippen MR) is 70.6 cm³/mol. The SMILES string of the molecule is CCCCC(C)CSc1ccc(C)cc1. The van der Waals surface area contributed by atoms with Gasteiger partial charge < -0.3 is 0 Å². The summed E-state index contributed by atoms with van der Waals surface area (Å²) in [7, 11) is 0. The Morgan fingerprint density at radius 3 is 2.47 bits per heavy atom. The van der Waals surface area contributed by atoms with Crippen LogP contribution < -0.4 is 0 Å². The molecule has 0 aromatic heterocycles. The molecule has 1 atom stereocenters. The Bertz CT molecular complexity index is 263. The second-order valence-corrected chi connectivity index (χ2v) is 5.46. The molecule has 0 aliphatic rings. The second kappa shape index (κ2) is 6.95. The summed E-state index contributed by atoms with van der Waals surface area (Å²) in [5, 5.41) is 0. The summed E-state index contributed by atoms with van der Waals surface area (Å²) in [5.74, 6) is 2.10. The molecule has 1 heteroatoms. The molecule has 84 valence electrons. The summed E-state index contributed by atoms with van der Waals surface area (Å²) in [5.41, 5.74) is 1.35. The van der Waals surface area contributed by atoms with Crippen LogP contribution in [0.5, 0.6) is 0 Å². The molecular formula is C14H22S. The lowest BCUT2D eigenvalue weighted by Crippen LogP contribution is -1.97. The molecule has 0 aliphatic heterocycles. The van der Waals surface area contributed by atoms with Gasteiger partial charge in [0.2, 0.25) is 0 Å². The van der Waals surface area contributed by atoms with Crippen LogP contribution in [0.15, 0.2) is 29.2 Å². The third kappa shape index (κ3) is 5.27. The van der Waals surface area contributed by atoms with Crippen molar-refractivity contribution in [2.45, 2.75) is 44.9 Å². The molecule has 0 radical (unpaired) electrons. The van der Waals surface area contributed by atoms with Crippen LogP contribution in [0.4, 0.5) is 0 Å². The fourth-order valence-corrected chi connectivity index (χ4v) is 2.48. The first kappa shape index (κ1) is 12.6. The van der Waals surface area contributed by atoms with Crippen molar-refractivity contribution in [2.24, 2.45) is 5.92 Å². The first-order chi connectivity index (χ1) is 7.22. The number of thioether (sulfide) groups is 1. The van der Waals surface area contributed by atoms with Crippen molar-refractivity contribution in [2.75, 3.05) is 5.75 Å². The number of rotatable bonds is 6. The van der Waals surface area contributed by atoms with Gasteiger partial charge in [0, 0.05) is 10.6 Å². The average molecular weight is 222 g/mol. The van der Waals surface area contributed by atoms with Gasteiger partial charge in [0.1, 0.15) is 0 Å². The number of aryl methyl sites for hydroxylation is 1. The predicted octanol–water partition coefficient (Wildman–Crippen LogP) is 4.91. The smallest absolute Gasteiger partial charge is 0.00722 e. The maximum absolute atomic E-state index is 2.36. The van der Waals surface area contributed by atoms with Crippen molar-refractivity contribution >= 4 is 11.8 Å². The van der Waals surface area contributed by atoms with E-state index in [-0.39, 0.29) is 0 Å². The van der Waals surface area contributed by atoms with Crippen LogP contribution in [0, 0.1) is 12.8 Å². The van der Waals surface area contributed by atoms with Gasteiger partial charge in [-0.1, -0.05) is 44.4 Å². The fraction of sp³-hybridized carbons (Fsp3) is 0.571. The highest BCUT2D eigenvalue weighted by Crippen LogP contribution is 2.23. The van der Waals surface area contributed by atoms with Gasteiger partial charge in [0.15, 0.2) is 0 Å². The highest BCUT2D eigenvalue weighted by atomic mass is 32.2.